The number of anilines is 1. The van der Waals surface area contributed by atoms with Crippen LogP contribution in [0.1, 0.15) is 29.1 Å². The second-order valence-corrected chi connectivity index (χ2v) is 9.29. The van der Waals surface area contributed by atoms with Gasteiger partial charge >= 0.3 is 11.8 Å². The number of nitrogens with zero attached hydrogens (tertiary/aromatic N) is 3. The molecule has 152 valence electrons. The third-order valence-electron chi connectivity index (χ3n) is 4.57. The summed E-state index contributed by atoms with van der Waals surface area (Å²) in [5.41, 5.74) is 1.73. The fourth-order valence-corrected chi connectivity index (χ4v) is 4.83. The van der Waals surface area contributed by atoms with Crippen LogP contribution in [-0.4, -0.2) is 47.5 Å². The minimum Gasteiger partial charge on any atom is -0.411 e. The lowest BCUT2D eigenvalue weighted by Crippen LogP contribution is -2.27. The van der Waals surface area contributed by atoms with Crippen molar-refractivity contribution in [2.24, 2.45) is 0 Å². The van der Waals surface area contributed by atoms with Gasteiger partial charge in [-0.15, -0.1) is 10.2 Å². The quantitative estimate of drug-likeness (QED) is 0.579. The highest BCUT2D eigenvalue weighted by atomic mass is 79.9. The number of aromatic amines is 1. The number of hydrogen-bond donors (Lipinski definition) is 2. The molecular formula is C18H18BrN5O4S. The molecule has 0 unspecified atom stereocenters. The van der Waals surface area contributed by atoms with E-state index in [0.29, 0.717) is 28.9 Å². The van der Waals surface area contributed by atoms with Crippen LogP contribution in [0.3, 0.4) is 0 Å². The largest absolute Gasteiger partial charge is 0.411 e. The first-order valence-electron chi connectivity index (χ1n) is 8.94. The molecule has 1 amide bonds. The SMILES string of the molecule is Cc1ccc(NS(=O)(=O)c2c[nH]c(-c3nnc(C(=O)N4CCCC4)o3)c2)c(Br)c1. The maximum absolute atomic E-state index is 12.7. The zero-order chi connectivity index (χ0) is 20.6. The highest BCUT2D eigenvalue weighted by Gasteiger charge is 2.26. The zero-order valence-corrected chi connectivity index (χ0v) is 17.9. The molecule has 29 heavy (non-hydrogen) atoms. The van der Waals surface area contributed by atoms with Gasteiger partial charge in [-0.2, -0.15) is 0 Å². The van der Waals surface area contributed by atoms with E-state index in [2.05, 4.69) is 35.8 Å². The monoisotopic (exact) mass is 479 g/mol. The number of carbonyl (C=O) groups excluding carboxylic acids is 1. The van der Waals surface area contributed by atoms with Gasteiger partial charge in [0.1, 0.15) is 10.6 Å². The van der Waals surface area contributed by atoms with Crippen LogP contribution in [-0.2, 0) is 10.0 Å². The van der Waals surface area contributed by atoms with Gasteiger partial charge in [0.05, 0.1) is 5.69 Å². The summed E-state index contributed by atoms with van der Waals surface area (Å²) >= 11 is 3.35. The Bertz CT molecular complexity index is 1160. The number of sulfonamides is 1. The summed E-state index contributed by atoms with van der Waals surface area (Å²) in [6.07, 6.45) is 3.23. The number of halogens is 1. The van der Waals surface area contributed by atoms with Crippen LogP contribution in [0, 0.1) is 6.92 Å². The molecule has 0 spiro atoms. The number of aryl methyl sites for hydroxylation is 1. The van der Waals surface area contributed by atoms with E-state index in [1.165, 1.54) is 12.3 Å². The number of carbonyl (C=O) groups is 1. The van der Waals surface area contributed by atoms with Crippen molar-refractivity contribution in [3.8, 4) is 11.6 Å². The molecule has 1 fully saturated rings. The van der Waals surface area contributed by atoms with Gasteiger partial charge in [0.25, 0.3) is 15.9 Å². The Labute approximate surface area is 175 Å². The molecule has 3 aromatic rings. The molecule has 3 heterocycles. The van der Waals surface area contributed by atoms with Crippen molar-refractivity contribution in [3.05, 3.63) is 46.4 Å². The summed E-state index contributed by atoms with van der Waals surface area (Å²) < 4.78 is 34.0. The Morgan fingerprint density at radius 2 is 2.00 bits per heavy atom. The van der Waals surface area contributed by atoms with E-state index in [0.717, 1.165) is 18.4 Å². The summed E-state index contributed by atoms with van der Waals surface area (Å²) in [6.45, 7) is 3.25. The van der Waals surface area contributed by atoms with Crippen LogP contribution < -0.4 is 4.72 Å². The molecule has 0 aliphatic carbocycles. The normalized spacial score (nSPS) is 14.3. The van der Waals surface area contributed by atoms with Gasteiger partial charge in [0.2, 0.25) is 0 Å². The molecule has 2 aromatic heterocycles. The van der Waals surface area contributed by atoms with E-state index in [9.17, 15) is 13.2 Å². The van der Waals surface area contributed by atoms with Crippen molar-refractivity contribution < 1.29 is 17.6 Å². The lowest BCUT2D eigenvalue weighted by atomic mass is 10.2. The topological polar surface area (TPSA) is 121 Å². The fourth-order valence-electron chi connectivity index (χ4n) is 3.03. The molecule has 1 saturated heterocycles. The Balaban J connectivity index is 1.54. The van der Waals surface area contributed by atoms with Crippen molar-refractivity contribution in [2.75, 3.05) is 17.8 Å². The minimum atomic E-state index is -3.83. The van der Waals surface area contributed by atoms with E-state index in [1.807, 2.05) is 19.1 Å². The van der Waals surface area contributed by atoms with Gasteiger partial charge in [-0.25, -0.2) is 8.42 Å². The van der Waals surface area contributed by atoms with Gasteiger partial charge < -0.3 is 14.3 Å². The molecule has 1 aromatic carbocycles. The predicted molar refractivity (Wildman–Crippen MR) is 109 cm³/mol. The highest BCUT2D eigenvalue weighted by Crippen LogP contribution is 2.27. The fraction of sp³-hybridized carbons (Fsp3) is 0.278. The van der Waals surface area contributed by atoms with E-state index < -0.39 is 10.0 Å². The van der Waals surface area contributed by atoms with Gasteiger partial charge in [-0.05, 0) is 59.5 Å². The molecule has 0 bridgehead atoms. The average Bonchev–Trinajstić information content (AvgIpc) is 3.44. The van der Waals surface area contributed by atoms with Crippen LogP contribution in [0.4, 0.5) is 5.69 Å². The molecule has 0 saturated carbocycles. The average molecular weight is 480 g/mol. The van der Waals surface area contributed by atoms with Crippen molar-refractivity contribution in [1.82, 2.24) is 20.1 Å². The lowest BCUT2D eigenvalue weighted by molar-refractivity contribution is 0.0754. The minimum absolute atomic E-state index is 0.00518. The first kappa shape index (κ1) is 19.6. The lowest BCUT2D eigenvalue weighted by Gasteiger charge is -2.11. The van der Waals surface area contributed by atoms with Crippen LogP contribution in [0.5, 0.6) is 0 Å². The molecule has 2 N–H and O–H groups in total. The van der Waals surface area contributed by atoms with Gasteiger partial charge in [0, 0.05) is 23.8 Å². The summed E-state index contributed by atoms with van der Waals surface area (Å²) in [7, 11) is -3.83. The van der Waals surface area contributed by atoms with Crippen LogP contribution >= 0.6 is 15.9 Å². The Kier molecular flexibility index (Phi) is 5.17. The molecule has 4 rings (SSSR count). The molecule has 0 atom stereocenters. The first-order valence-corrected chi connectivity index (χ1v) is 11.2. The highest BCUT2D eigenvalue weighted by molar-refractivity contribution is 9.10. The van der Waals surface area contributed by atoms with Gasteiger partial charge in [0.15, 0.2) is 0 Å². The number of hydrogen-bond acceptors (Lipinski definition) is 6. The number of benzene rings is 1. The summed E-state index contributed by atoms with van der Waals surface area (Å²) in [5, 5.41) is 7.66. The third kappa shape index (κ3) is 4.06. The van der Waals surface area contributed by atoms with E-state index in [1.54, 1.807) is 11.0 Å². The van der Waals surface area contributed by atoms with Crippen LogP contribution in [0.25, 0.3) is 11.6 Å². The van der Waals surface area contributed by atoms with Crippen LogP contribution in [0.15, 0.2) is 44.2 Å². The van der Waals surface area contributed by atoms with Crippen LogP contribution in [0.2, 0.25) is 0 Å². The van der Waals surface area contributed by atoms with Gasteiger partial charge in [-0.3, -0.25) is 9.52 Å². The molecule has 9 nitrogen and oxygen atoms in total. The standard InChI is InChI=1S/C18H18BrN5O4S/c1-11-4-5-14(13(19)8-11)23-29(26,27)12-9-15(20-10-12)16-21-22-17(28-16)18(25)24-6-2-3-7-24/h4-5,8-10,20,23H,2-3,6-7H2,1H3. The second-order valence-electron chi connectivity index (χ2n) is 6.75. The Morgan fingerprint density at radius 3 is 2.72 bits per heavy atom. The van der Waals surface area contributed by atoms with E-state index in [4.69, 9.17) is 4.42 Å². The molecule has 1 aliphatic rings. The third-order valence-corrected chi connectivity index (χ3v) is 6.57. The first-order chi connectivity index (χ1) is 13.8. The van der Waals surface area contributed by atoms with Crippen molar-refractivity contribution in [1.29, 1.82) is 0 Å². The zero-order valence-electron chi connectivity index (χ0n) is 15.5. The Morgan fingerprint density at radius 1 is 1.24 bits per heavy atom. The maximum Gasteiger partial charge on any atom is 0.311 e. The number of H-pyrrole nitrogens is 1. The maximum atomic E-state index is 12.7. The van der Waals surface area contributed by atoms with Crippen molar-refractivity contribution in [2.45, 2.75) is 24.7 Å². The number of likely N-dealkylation sites (tertiary alicyclic amines) is 1. The predicted octanol–water partition coefficient (Wildman–Crippen LogP) is 3.17. The molecular weight excluding hydrogens is 462 g/mol. The molecule has 11 heteroatoms. The number of nitrogens with one attached hydrogen (secondary N) is 2. The summed E-state index contributed by atoms with van der Waals surface area (Å²) in [6, 6.07) is 6.68. The molecule has 1 aliphatic heterocycles. The van der Waals surface area contributed by atoms with E-state index >= 15 is 0 Å². The summed E-state index contributed by atoms with van der Waals surface area (Å²) in [4.78, 5) is 16.8. The number of aromatic nitrogens is 3. The number of amides is 1. The van der Waals surface area contributed by atoms with Gasteiger partial charge in [-0.1, -0.05) is 6.07 Å². The number of rotatable bonds is 5. The smallest absolute Gasteiger partial charge is 0.311 e. The second kappa shape index (κ2) is 7.64. The Hall–Kier alpha value is -2.66. The van der Waals surface area contributed by atoms with Crippen molar-refractivity contribution in [3.63, 3.8) is 0 Å². The van der Waals surface area contributed by atoms with E-state index in [-0.39, 0.29) is 22.6 Å². The summed E-state index contributed by atoms with van der Waals surface area (Å²) in [5.74, 6) is -0.375. The van der Waals surface area contributed by atoms with Crippen molar-refractivity contribution >= 4 is 37.5 Å². The molecule has 0 radical (unpaired) electrons.